The Kier molecular flexibility index (Phi) is 6.56. The molecule has 0 radical (unpaired) electrons. The maximum absolute atomic E-state index is 12.9. The van der Waals surface area contributed by atoms with Crippen molar-refractivity contribution in [1.29, 1.82) is 0 Å². The van der Waals surface area contributed by atoms with Gasteiger partial charge in [-0.05, 0) is 41.5 Å². The van der Waals surface area contributed by atoms with Crippen molar-refractivity contribution in [1.82, 2.24) is 10.2 Å². The van der Waals surface area contributed by atoms with E-state index in [1.165, 1.54) is 24.3 Å². The highest BCUT2D eigenvalue weighted by Crippen LogP contribution is 2.24. The normalized spacial score (nSPS) is 11.2. The second-order valence-corrected chi connectivity index (χ2v) is 7.29. The minimum absolute atomic E-state index is 0.0487. The summed E-state index contributed by atoms with van der Waals surface area (Å²) in [5, 5.41) is 19.1. The Bertz CT molecular complexity index is 1300. The van der Waals surface area contributed by atoms with Crippen molar-refractivity contribution in [3.8, 4) is 11.5 Å². The Morgan fingerprint density at radius 1 is 1.00 bits per heavy atom. The van der Waals surface area contributed by atoms with Crippen LogP contribution in [0.5, 0.6) is 0 Å². The van der Waals surface area contributed by atoms with Crippen LogP contribution < -0.4 is 0 Å². The summed E-state index contributed by atoms with van der Waals surface area (Å²) in [6.07, 6.45) is 1.72. The number of carbonyl (C=O) groups is 1. The molecule has 0 bridgehead atoms. The summed E-state index contributed by atoms with van der Waals surface area (Å²) in [6, 6.07) is 21.9. The Morgan fingerprint density at radius 2 is 1.70 bits per heavy atom. The molecule has 1 heterocycles. The minimum Gasteiger partial charge on any atom is -0.452 e. The van der Waals surface area contributed by atoms with Crippen molar-refractivity contribution in [3.05, 3.63) is 111 Å². The number of hydrogen-bond donors (Lipinski definition) is 0. The van der Waals surface area contributed by atoms with E-state index in [4.69, 9.17) is 20.8 Å². The molecular weight excluding hydrogens is 446 g/mol. The van der Waals surface area contributed by atoms with Gasteiger partial charge in [0.15, 0.2) is 6.61 Å². The zero-order chi connectivity index (χ0) is 23.2. The van der Waals surface area contributed by atoms with Crippen molar-refractivity contribution in [2.75, 3.05) is 0 Å². The van der Waals surface area contributed by atoms with E-state index >= 15 is 0 Å². The summed E-state index contributed by atoms with van der Waals surface area (Å²) in [6.45, 7) is -0.238. The highest BCUT2D eigenvalue weighted by molar-refractivity contribution is 6.30. The van der Waals surface area contributed by atoms with E-state index in [1.807, 2.05) is 30.3 Å². The van der Waals surface area contributed by atoms with E-state index in [-0.39, 0.29) is 24.1 Å². The third kappa shape index (κ3) is 5.50. The second-order valence-electron chi connectivity index (χ2n) is 6.86. The first-order chi connectivity index (χ1) is 16.0. The highest BCUT2D eigenvalue weighted by Gasteiger charge is 2.17. The lowest BCUT2D eigenvalue weighted by molar-refractivity contribution is -0.384. The first kappa shape index (κ1) is 21.9. The van der Waals surface area contributed by atoms with Crippen LogP contribution in [0.2, 0.25) is 5.02 Å². The smallest absolute Gasteiger partial charge is 0.339 e. The fraction of sp³-hybridized carbons (Fsp3) is 0.0417. The molecule has 164 valence electrons. The van der Waals surface area contributed by atoms with Crippen LogP contribution in [-0.4, -0.2) is 21.1 Å². The molecule has 0 aliphatic rings. The molecule has 4 aromatic rings. The number of nitrogens with zero attached hydrogens (tertiary/aromatic N) is 3. The summed E-state index contributed by atoms with van der Waals surface area (Å²) in [5.74, 6) is -0.322. The summed E-state index contributed by atoms with van der Waals surface area (Å²) in [5.41, 5.74) is 2.28. The summed E-state index contributed by atoms with van der Waals surface area (Å²) >= 11 is 5.98. The fourth-order valence-electron chi connectivity index (χ4n) is 2.96. The number of benzene rings is 3. The number of rotatable bonds is 7. The van der Waals surface area contributed by atoms with Crippen LogP contribution in [0, 0.1) is 10.1 Å². The number of nitro benzene ring substituents is 1. The van der Waals surface area contributed by atoms with Gasteiger partial charge in [-0.3, -0.25) is 10.1 Å². The zero-order valence-electron chi connectivity index (χ0n) is 17.1. The van der Waals surface area contributed by atoms with E-state index in [9.17, 15) is 14.9 Å². The van der Waals surface area contributed by atoms with Crippen LogP contribution in [0.25, 0.3) is 23.1 Å². The van der Waals surface area contributed by atoms with Gasteiger partial charge < -0.3 is 9.15 Å². The summed E-state index contributed by atoms with van der Waals surface area (Å²) in [4.78, 5) is 23.2. The molecule has 0 unspecified atom stereocenters. The molecule has 0 spiro atoms. The Balaban J connectivity index is 1.50. The molecule has 1 aromatic heterocycles. The molecule has 9 heteroatoms. The molecule has 3 aromatic carbocycles. The van der Waals surface area contributed by atoms with Crippen molar-refractivity contribution in [2.45, 2.75) is 6.61 Å². The molecule has 0 atom stereocenters. The molecule has 0 saturated carbocycles. The van der Waals surface area contributed by atoms with Crippen molar-refractivity contribution >= 4 is 34.9 Å². The van der Waals surface area contributed by atoms with E-state index in [0.717, 1.165) is 5.56 Å². The zero-order valence-corrected chi connectivity index (χ0v) is 17.8. The first-order valence-corrected chi connectivity index (χ1v) is 10.1. The molecule has 8 nitrogen and oxygen atoms in total. The number of carbonyl (C=O) groups excluding carboxylic acids is 1. The minimum atomic E-state index is -0.573. The van der Waals surface area contributed by atoms with Gasteiger partial charge in [0.05, 0.1) is 10.5 Å². The van der Waals surface area contributed by atoms with Gasteiger partial charge in [0.1, 0.15) is 0 Å². The van der Waals surface area contributed by atoms with Gasteiger partial charge >= 0.3 is 5.97 Å². The first-order valence-electron chi connectivity index (χ1n) is 9.76. The van der Waals surface area contributed by atoms with Gasteiger partial charge in [-0.25, -0.2) is 4.79 Å². The van der Waals surface area contributed by atoms with Crippen LogP contribution in [-0.2, 0) is 16.1 Å². The SMILES string of the molecule is O=C(OCc1nnc(-c2ccc([N+](=O)[O-])cc2)o1)/C(=C/c1ccccc1)c1ccc(Cl)cc1. The number of ether oxygens (including phenoxy) is 1. The average Bonchev–Trinajstić information content (AvgIpc) is 3.31. The largest absolute Gasteiger partial charge is 0.452 e. The van der Waals surface area contributed by atoms with Gasteiger partial charge in [-0.2, -0.15) is 0 Å². The lowest BCUT2D eigenvalue weighted by Crippen LogP contribution is -2.07. The Morgan fingerprint density at radius 3 is 2.36 bits per heavy atom. The molecule has 0 aliphatic carbocycles. The predicted octanol–water partition coefficient (Wildman–Crippen LogP) is 5.58. The molecule has 0 aliphatic heterocycles. The quantitative estimate of drug-likeness (QED) is 0.116. The number of halogens is 1. The van der Waals surface area contributed by atoms with Gasteiger partial charge in [0.25, 0.3) is 11.6 Å². The molecule has 0 fully saturated rings. The van der Waals surface area contributed by atoms with E-state index in [0.29, 0.717) is 21.7 Å². The molecular formula is C24H16ClN3O5. The third-order valence-electron chi connectivity index (χ3n) is 4.60. The standard InChI is InChI=1S/C24H16ClN3O5/c25-19-10-6-17(7-11-19)21(14-16-4-2-1-3-5-16)24(29)32-15-22-26-27-23(33-22)18-8-12-20(13-9-18)28(30)31/h1-14H,15H2/b21-14+. The van der Waals surface area contributed by atoms with Gasteiger partial charge in [-0.15, -0.1) is 10.2 Å². The Labute approximate surface area is 193 Å². The predicted molar refractivity (Wildman–Crippen MR) is 122 cm³/mol. The Hall–Kier alpha value is -4.30. The number of esters is 1. The third-order valence-corrected chi connectivity index (χ3v) is 4.86. The molecule has 0 saturated heterocycles. The maximum Gasteiger partial charge on any atom is 0.339 e. The van der Waals surface area contributed by atoms with Crippen LogP contribution in [0.1, 0.15) is 17.0 Å². The molecule has 0 N–H and O–H groups in total. The van der Waals surface area contributed by atoms with E-state index in [1.54, 1.807) is 30.3 Å². The van der Waals surface area contributed by atoms with Gasteiger partial charge in [0, 0.05) is 22.7 Å². The van der Waals surface area contributed by atoms with Crippen molar-refractivity contribution in [2.24, 2.45) is 0 Å². The second kappa shape index (κ2) is 9.88. The lowest BCUT2D eigenvalue weighted by Gasteiger charge is -2.08. The van der Waals surface area contributed by atoms with Crippen LogP contribution in [0.3, 0.4) is 0 Å². The van der Waals surface area contributed by atoms with Crippen molar-refractivity contribution in [3.63, 3.8) is 0 Å². The van der Waals surface area contributed by atoms with Gasteiger partial charge in [-0.1, -0.05) is 54.1 Å². The monoisotopic (exact) mass is 461 g/mol. The average molecular weight is 462 g/mol. The van der Waals surface area contributed by atoms with E-state index < -0.39 is 10.9 Å². The van der Waals surface area contributed by atoms with Crippen LogP contribution in [0.15, 0.2) is 83.3 Å². The van der Waals surface area contributed by atoms with Crippen LogP contribution >= 0.6 is 11.6 Å². The highest BCUT2D eigenvalue weighted by atomic mass is 35.5. The maximum atomic E-state index is 12.9. The number of aromatic nitrogens is 2. The van der Waals surface area contributed by atoms with E-state index in [2.05, 4.69) is 10.2 Å². The summed E-state index contributed by atoms with van der Waals surface area (Å²) in [7, 11) is 0. The number of non-ortho nitro benzene ring substituents is 1. The van der Waals surface area contributed by atoms with Gasteiger partial charge in [0.2, 0.25) is 5.89 Å². The lowest BCUT2D eigenvalue weighted by atomic mass is 10.0. The molecule has 4 rings (SSSR count). The fourth-order valence-corrected chi connectivity index (χ4v) is 3.09. The molecule has 33 heavy (non-hydrogen) atoms. The molecule has 0 amide bonds. The van der Waals surface area contributed by atoms with Crippen LogP contribution in [0.4, 0.5) is 5.69 Å². The summed E-state index contributed by atoms with van der Waals surface area (Å²) < 4.78 is 11.0. The van der Waals surface area contributed by atoms with Crippen molar-refractivity contribution < 1.29 is 18.9 Å². The number of nitro groups is 1. The topological polar surface area (TPSA) is 108 Å². The number of hydrogen-bond acceptors (Lipinski definition) is 7.